The van der Waals surface area contributed by atoms with Crippen LogP contribution in [-0.2, 0) is 13.0 Å². The number of likely N-dealkylation sites (tertiary alicyclic amines) is 1. The molecule has 0 saturated carbocycles. The molecule has 0 spiro atoms. The highest BCUT2D eigenvalue weighted by Crippen LogP contribution is 2.35. The molecular weight excluding hydrogens is 374 g/mol. The molecule has 0 radical (unpaired) electrons. The average molecular weight is 399 g/mol. The van der Waals surface area contributed by atoms with Crippen molar-refractivity contribution in [2.45, 2.75) is 25.8 Å². The van der Waals surface area contributed by atoms with Gasteiger partial charge in [-0.25, -0.2) is 4.98 Å². The van der Waals surface area contributed by atoms with E-state index in [9.17, 15) is 9.90 Å². The van der Waals surface area contributed by atoms with E-state index < -0.39 is 0 Å². The quantitative estimate of drug-likeness (QED) is 0.725. The number of phenolic OH excluding ortho intramolecular Hbond substituents is 1. The molecule has 0 unspecified atom stereocenters. The number of ketones is 1. The smallest absolute Gasteiger partial charge is 0.183 e. The summed E-state index contributed by atoms with van der Waals surface area (Å²) in [7, 11) is 0. The van der Waals surface area contributed by atoms with Gasteiger partial charge < -0.3 is 14.6 Å². The SMILES string of the molecule is O=C1Cn2ccnc2C(=C2CCN(CCc3ccc(O)cc3)CC2)c2ccccc21. The monoisotopic (exact) mass is 399 g/mol. The van der Waals surface area contributed by atoms with Gasteiger partial charge in [-0.2, -0.15) is 0 Å². The Morgan fingerprint density at radius 2 is 1.70 bits per heavy atom. The molecule has 2 aliphatic rings. The number of piperidine rings is 1. The van der Waals surface area contributed by atoms with E-state index in [-0.39, 0.29) is 5.78 Å². The predicted molar refractivity (Wildman–Crippen MR) is 117 cm³/mol. The van der Waals surface area contributed by atoms with Crippen molar-refractivity contribution in [1.82, 2.24) is 14.5 Å². The Morgan fingerprint density at radius 1 is 0.967 bits per heavy atom. The standard InChI is InChI=1S/C25H25N3O2/c29-20-7-5-18(6-8-20)9-13-27-14-10-19(11-15-27)24-22-4-2-1-3-21(22)23(30)17-28-16-12-26-25(24)28/h1-8,12,16,29H,9-11,13-15,17H2. The largest absolute Gasteiger partial charge is 0.508 e. The first kappa shape index (κ1) is 18.8. The Bertz CT molecular complexity index is 1100. The molecule has 0 atom stereocenters. The lowest BCUT2D eigenvalue weighted by molar-refractivity contribution is 0.0973. The number of aromatic nitrogens is 2. The topological polar surface area (TPSA) is 58.4 Å². The lowest BCUT2D eigenvalue weighted by Crippen LogP contribution is -2.33. The van der Waals surface area contributed by atoms with E-state index in [1.165, 1.54) is 11.1 Å². The number of fused-ring (bicyclic) bond motifs is 2. The Morgan fingerprint density at radius 3 is 2.47 bits per heavy atom. The van der Waals surface area contributed by atoms with Crippen LogP contribution in [0.1, 0.15) is 40.2 Å². The Labute approximate surface area is 176 Å². The first-order chi connectivity index (χ1) is 14.7. The molecule has 5 heteroatoms. The number of benzene rings is 2. The van der Waals surface area contributed by atoms with E-state index in [1.54, 1.807) is 18.3 Å². The second kappa shape index (κ2) is 7.92. The van der Waals surface area contributed by atoms with E-state index in [0.29, 0.717) is 12.3 Å². The lowest BCUT2D eigenvalue weighted by Gasteiger charge is -2.30. The average Bonchev–Trinajstić information content (AvgIpc) is 3.18. The number of nitrogens with zero attached hydrogens (tertiary/aromatic N) is 3. The third-order valence-electron chi connectivity index (χ3n) is 6.22. The van der Waals surface area contributed by atoms with Crippen molar-refractivity contribution >= 4 is 11.4 Å². The van der Waals surface area contributed by atoms with Crippen LogP contribution in [-0.4, -0.2) is 45.0 Å². The van der Waals surface area contributed by atoms with Crippen molar-refractivity contribution in [3.8, 4) is 5.75 Å². The number of hydrogen-bond acceptors (Lipinski definition) is 4. The molecule has 5 nitrogen and oxygen atoms in total. The number of hydrogen-bond donors (Lipinski definition) is 1. The van der Waals surface area contributed by atoms with E-state index in [1.807, 2.05) is 41.1 Å². The van der Waals surface area contributed by atoms with Crippen LogP contribution in [0, 0.1) is 0 Å². The maximum Gasteiger partial charge on any atom is 0.183 e. The van der Waals surface area contributed by atoms with Crippen LogP contribution in [0.25, 0.3) is 5.57 Å². The summed E-state index contributed by atoms with van der Waals surface area (Å²) >= 11 is 0. The van der Waals surface area contributed by atoms with Crippen LogP contribution < -0.4 is 0 Å². The van der Waals surface area contributed by atoms with Gasteiger partial charge in [-0.1, -0.05) is 42.0 Å². The molecule has 2 aromatic carbocycles. The van der Waals surface area contributed by atoms with Gasteiger partial charge in [0.25, 0.3) is 0 Å². The number of Topliss-reactive ketones (excluding diaryl/α,β-unsaturated/α-hetero) is 1. The number of aromatic hydroxyl groups is 1. The zero-order chi connectivity index (χ0) is 20.5. The summed E-state index contributed by atoms with van der Waals surface area (Å²) in [5.74, 6) is 1.38. The van der Waals surface area contributed by atoms with E-state index in [0.717, 1.165) is 61.4 Å². The zero-order valence-corrected chi connectivity index (χ0v) is 16.9. The van der Waals surface area contributed by atoms with Crippen LogP contribution >= 0.6 is 0 Å². The molecule has 1 aromatic heterocycles. The van der Waals surface area contributed by atoms with Crippen molar-refractivity contribution < 1.29 is 9.90 Å². The summed E-state index contributed by atoms with van der Waals surface area (Å²) in [5.41, 5.74) is 5.63. The molecule has 0 aliphatic carbocycles. The van der Waals surface area contributed by atoms with Crippen LogP contribution in [0.4, 0.5) is 0 Å². The number of carbonyl (C=O) groups is 1. The minimum atomic E-state index is 0.145. The number of imidazole rings is 1. The van der Waals surface area contributed by atoms with Crippen molar-refractivity contribution in [3.05, 3.63) is 89.0 Å². The van der Waals surface area contributed by atoms with Crippen LogP contribution in [0.5, 0.6) is 5.75 Å². The Balaban J connectivity index is 1.38. The molecule has 0 bridgehead atoms. The van der Waals surface area contributed by atoms with Gasteiger partial charge in [-0.3, -0.25) is 4.79 Å². The van der Waals surface area contributed by atoms with E-state index in [2.05, 4.69) is 16.0 Å². The maximum absolute atomic E-state index is 12.8. The van der Waals surface area contributed by atoms with Crippen molar-refractivity contribution in [3.63, 3.8) is 0 Å². The van der Waals surface area contributed by atoms with E-state index in [4.69, 9.17) is 0 Å². The van der Waals surface area contributed by atoms with Crippen molar-refractivity contribution in [2.24, 2.45) is 0 Å². The van der Waals surface area contributed by atoms with Crippen LogP contribution in [0.2, 0.25) is 0 Å². The van der Waals surface area contributed by atoms with Gasteiger partial charge in [0.2, 0.25) is 0 Å². The Kier molecular flexibility index (Phi) is 4.97. The summed E-state index contributed by atoms with van der Waals surface area (Å²) in [6.07, 6.45) is 6.66. The second-order valence-corrected chi connectivity index (χ2v) is 8.08. The predicted octanol–water partition coefficient (Wildman–Crippen LogP) is 3.93. The lowest BCUT2D eigenvalue weighted by atomic mass is 9.89. The molecule has 2 aliphatic heterocycles. The van der Waals surface area contributed by atoms with Gasteiger partial charge in [0.15, 0.2) is 5.78 Å². The normalized spacial score (nSPS) is 16.9. The molecule has 1 fully saturated rings. The summed E-state index contributed by atoms with van der Waals surface area (Å²) in [6.45, 7) is 3.38. The fourth-order valence-corrected chi connectivity index (χ4v) is 4.56. The summed E-state index contributed by atoms with van der Waals surface area (Å²) < 4.78 is 1.99. The molecular formula is C25H25N3O2. The molecule has 1 N–H and O–H groups in total. The van der Waals surface area contributed by atoms with Gasteiger partial charge in [0, 0.05) is 43.2 Å². The minimum Gasteiger partial charge on any atom is -0.508 e. The highest BCUT2D eigenvalue weighted by Gasteiger charge is 2.27. The van der Waals surface area contributed by atoms with Gasteiger partial charge >= 0.3 is 0 Å². The van der Waals surface area contributed by atoms with Crippen LogP contribution in [0.3, 0.4) is 0 Å². The highest BCUT2D eigenvalue weighted by atomic mass is 16.3. The second-order valence-electron chi connectivity index (χ2n) is 8.08. The van der Waals surface area contributed by atoms with E-state index >= 15 is 0 Å². The van der Waals surface area contributed by atoms with Gasteiger partial charge in [-0.05, 0) is 42.5 Å². The van der Waals surface area contributed by atoms with Gasteiger partial charge in [0.1, 0.15) is 11.6 Å². The number of carbonyl (C=O) groups excluding carboxylic acids is 1. The number of rotatable bonds is 3. The molecule has 1 saturated heterocycles. The fraction of sp³-hybridized carbons (Fsp3) is 0.280. The maximum atomic E-state index is 12.8. The third kappa shape index (κ3) is 3.57. The van der Waals surface area contributed by atoms with Gasteiger partial charge in [0.05, 0.1) is 6.54 Å². The summed E-state index contributed by atoms with van der Waals surface area (Å²) in [6, 6.07) is 15.4. The minimum absolute atomic E-state index is 0.145. The summed E-state index contributed by atoms with van der Waals surface area (Å²) in [5, 5.41) is 9.44. The highest BCUT2D eigenvalue weighted by molar-refractivity contribution is 6.03. The zero-order valence-electron chi connectivity index (χ0n) is 16.9. The summed E-state index contributed by atoms with van der Waals surface area (Å²) in [4.78, 5) is 19.9. The Hall–Kier alpha value is -3.18. The molecule has 3 heterocycles. The fourth-order valence-electron chi connectivity index (χ4n) is 4.56. The van der Waals surface area contributed by atoms with Gasteiger partial charge in [-0.15, -0.1) is 0 Å². The molecule has 152 valence electrons. The van der Waals surface area contributed by atoms with Crippen LogP contribution in [0.15, 0.2) is 66.5 Å². The first-order valence-electron chi connectivity index (χ1n) is 10.6. The molecule has 0 amide bonds. The molecule has 30 heavy (non-hydrogen) atoms. The van der Waals surface area contributed by atoms with Crippen molar-refractivity contribution in [2.75, 3.05) is 19.6 Å². The van der Waals surface area contributed by atoms with Crippen molar-refractivity contribution in [1.29, 1.82) is 0 Å². The molecule has 5 rings (SSSR count). The number of phenols is 1. The first-order valence-corrected chi connectivity index (χ1v) is 10.6. The molecule has 3 aromatic rings. The third-order valence-corrected chi connectivity index (χ3v) is 6.22.